The lowest BCUT2D eigenvalue weighted by molar-refractivity contribution is -0.142. The standard InChI is InChI=1S/C32H55N7O14S/c1-14(2)11-20(37-31(51)25(16(5)41)39-29(49)21(12-23(44)45)36-26(46)17(33)13-40)28(48)34-18(7-8-22(42)43)27(47)38-24(15(3)4)30(50)35-19(32(52)53)9-10-54-6/h14-21,24-25,40-41H,7-13,33H2,1-6H3,(H,34,48)(H,35,50)(H,36,46)(H,37,51)(H,38,47)(H,39,49)(H,42,43)(H,44,45)(H,52,53)/t16-,17+,18+,19+,20+,21+,24+,25+/m1/s1. The molecule has 308 valence electrons. The Hall–Kier alpha value is -4.54. The molecule has 0 aromatic carbocycles. The van der Waals surface area contributed by atoms with Gasteiger partial charge in [0.15, 0.2) is 0 Å². The molecule has 0 saturated heterocycles. The highest BCUT2D eigenvalue weighted by atomic mass is 32.2. The van der Waals surface area contributed by atoms with Crippen molar-refractivity contribution in [2.45, 2.75) is 115 Å². The highest BCUT2D eigenvalue weighted by Gasteiger charge is 2.36. The van der Waals surface area contributed by atoms with Crippen molar-refractivity contribution in [3.05, 3.63) is 0 Å². The summed E-state index contributed by atoms with van der Waals surface area (Å²) in [7, 11) is 0. The Morgan fingerprint density at radius 2 is 1.09 bits per heavy atom. The zero-order chi connectivity index (χ0) is 41.9. The molecule has 8 atom stereocenters. The van der Waals surface area contributed by atoms with Gasteiger partial charge >= 0.3 is 17.9 Å². The summed E-state index contributed by atoms with van der Waals surface area (Å²) in [6.07, 6.45) is -1.92. The van der Waals surface area contributed by atoms with Crippen molar-refractivity contribution in [1.29, 1.82) is 0 Å². The van der Waals surface area contributed by atoms with E-state index in [-0.39, 0.29) is 18.8 Å². The first-order valence-corrected chi connectivity index (χ1v) is 18.5. The number of nitrogens with one attached hydrogen (secondary N) is 6. The number of carbonyl (C=O) groups excluding carboxylic acids is 6. The number of nitrogens with two attached hydrogens (primary N) is 1. The summed E-state index contributed by atoms with van der Waals surface area (Å²) in [6.45, 7) is 6.77. The minimum absolute atomic E-state index is 0.0777. The van der Waals surface area contributed by atoms with Crippen LogP contribution >= 0.6 is 11.8 Å². The molecule has 0 radical (unpaired) electrons. The van der Waals surface area contributed by atoms with Crippen LogP contribution in [0.1, 0.15) is 66.7 Å². The van der Waals surface area contributed by atoms with Crippen LogP contribution in [0.2, 0.25) is 0 Å². The van der Waals surface area contributed by atoms with Crippen molar-refractivity contribution < 1.29 is 68.7 Å². The summed E-state index contributed by atoms with van der Waals surface area (Å²) >= 11 is 1.36. The van der Waals surface area contributed by atoms with E-state index in [4.69, 9.17) is 10.8 Å². The largest absolute Gasteiger partial charge is 0.481 e. The van der Waals surface area contributed by atoms with E-state index in [1.807, 2.05) is 5.32 Å². The monoisotopic (exact) mass is 793 g/mol. The van der Waals surface area contributed by atoms with E-state index in [2.05, 4.69) is 26.6 Å². The Bertz CT molecular complexity index is 1330. The summed E-state index contributed by atoms with van der Waals surface area (Å²) in [6, 6.07) is -10.7. The molecule has 0 aliphatic heterocycles. The Kier molecular flexibility index (Phi) is 22.6. The smallest absolute Gasteiger partial charge is 0.326 e. The van der Waals surface area contributed by atoms with E-state index in [1.54, 1.807) is 34.0 Å². The first kappa shape index (κ1) is 49.5. The van der Waals surface area contributed by atoms with Crippen molar-refractivity contribution >= 4 is 65.1 Å². The fraction of sp³-hybridized carbons (Fsp3) is 0.719. The fourth-order valence-corrected chi connectivity index (χ4v) is 5.19. The molecule has 0 heterocycles. The van der Waals surface area contributed by atoms with Gasteiger partial charge < -0.3 is 63.2 Å². The summed E-state index contributed by atoms with van der Waals surface area (Å²) < 4.78 is 0. The van der Waals surface area contributed by atoms with Crippen molar-refractivity contribution in [2.75, 3.05) is 18.6 Å². The topological polar surface area (TPSA) is 353 Å². The number of amides is 6. The van der Waals surface area contributed by atoms with Crippen molar-refractivity contribution in [2.24, 2.45) is 17.6 Å². The van der Waals surface area contributed by atoms with Crippen LogP contribution in [0.3, 0.4) is 0 Å². The van der Waals surface area contributed by atoms with Gasteiger partial charge in [0.05, 0.1) is 19.1 Å². The average molecular weight is 794 g/mol. The first-order chi connectivity index (χ1) is 25.0. The third kappa shape index (κ3) is 18.5. The van der Waals surface area contributed by atoms with Gasteiger partial charge in [-0.05, 0) is 50.0 Å². The maximum atomic E-state index is 13.6. The number of aliphatic carboxylic acids is 3. The molecule has 0 aromatic rings. The van der Waals surface area contributed by atoms with E-state index in [1.165, 1.54) is 11.8 Å². The number of carbonyl (C=O) groups is 9. The molecule has 0 saturated carbocycles. The summed E-state index contributed by atoms with van der Waals surface area (Å²) in [5, 5.41) is 61.3. The van der Waals surface area contributed by atoms with E-state index >= 15 is 0 Å². The Morgan fingerprint density at radius 1 is 0.611 bits per heavy atom. The molecular formula is C32H55N7O14S. The Labute approximate surface area is 316 Å². The zero-order valence-electron chi connectivity index (χ0n) is 31.1. The predicted octanol–water partition coefficient (Wildman–Crippen LogP) is -3.53. The number of hydrogen-bond donors (Lipinski definition) is 12. The lowest BCUT2D eigenvalue weighted by Gasteiger charge is -2.29. The molecule has 54 heavy (non-hydrogen) atoms. The van der Waals surface area contributed by atoms with E-state index in [0.717, 1.165) is 6.92 Å². The molecular weight excluding hydrogens is 738 g/mol. The summed E-state index contributed by atoms with van der Waals surface area (Å²) in [4.78, 5) is 113. The minimum Gasteiger partial charge on any atom is -0.481 e. The second kappa shape index (κ2) is 24.7. The summed E-state index contributed by atoms with van der Waals surface area (Å²) in [5.74, 6) is -10.8. The summed E-state index contributed by atoms with van der Waals surface area (Å²) in [5.41, 5.74) is 5.42. The number of thioether (sulfide) groups is 1. The van der Waals surface area contributed by atoms with Gasteiger partial charge in [-0.3, -0.25) is 38.4 Å². The molecule has 22 heteroatoms. The lowest BCUT2D eigenvalue weighted by Crippen LogP contribution is -2.62. The second-order valence-corrected chi connectivity index (χ2v) is 14.3. The lowest BCUT2D eigenvalue weighted by atomic mass is 10.00. The molecule has 0 fully saturated rings. The molecule has 13 N–H and O–H groups in total. The molecule has 0 rings (SSSR count). The second-order valence-electron chi connectivity index (χ2n) is 13.3. The van der Waals surface area contributed by atoms with E-state index in [9.17, 15) is 63.6 Å². The number of carboxylic acids is 3. The number of aliphatic hydroxyl groups excluding tert-OH is 2. The molecule has 0 spiro atoms. The van der Waals surface area contributed by atoms with Gasteiger partial charge in [0.25, 0.3) is 0 Å². The highest BCUT2D eigenvalue weighted by molar-refractivity contribution is 7.98. The maximum absolute atomic E-state index is 13.6. The Morgan fingerprint density at radius 3 is 1.56 bits per heavy atom. The molecule has 21 nitrogen and oxygen atoms in total. The van der Waals surface area contributed by atoms with Crippen molar-refractivity contribution in [1.82, 2.24) is 31.9 Å². The highest BCUT2D eigenvalue weighted by Crippen LogP contribution is 2.11. The van der Waals surface area contributed by atoms with Crippen LogP contribution in [0, 0.1) is 11.8 Å². The van der Waals surface area contributed by atoms with Gasteiger partial charge in [0, 0.05) is 6.42 Å². The van der Waals surface area contributed by atoms with Gasteiger partial charge in [-0.25, -0.2) is 4.79 Å². The molecule has 0 aliphatic carbocycles. The van der Waals surface area contributed by atoms with Gasteiger partial charge in [0.1, 0.15) is 42.3 Å². The molecule has 0 bridgehead atoms. The first-order valence-electron chi connectivity index (χ1n) is 17.1. The van der Waals surface area contributed by atoms with E-state index < -0.39 is 134 Å². The third-order valence-electron chi connectivity index (χ3n) is 7.70. The Balaban J connectivity index is 6.27. The SMILES string of the molecule is CSCC[C@H](NC(=O)[C@@H](NC(=O)[C@H](CCC(=O)O)NC(=O)[C@H](CC(C)C)NC(=O)[C@@H](NC(=O)[C@H](CC(=O)O)NC(=O)[C@@H](N)CO)[C@@H](C)O)C(C)C)C(=O)O. The normalized spacial score (nSPS) is 15.6. The van der Waals surface area contributed by atoms with Crippen LogP contribution < -0.4 is 37.6 Å². The van der Waals surface area contributed by atoms with Crippen molar-refractivity contribution in [3.8, 4) is 0 Å². The fourth-order valence-electron chi connectivity index (χ4n) is 4.72. The quantitative estimate of drug-likeness (QED) is 0.0404. The van der Waals surface area contributed by atoms with Crippen LogP contribution in [0.25, 0.3) is 0 Å². The minimum atomic E-state index is -1.82. The van der Waals surface area contributed by atoms with Gasteiger partial charge in [0.2, 0.25) is 35.4 Å². The average Bonchev–Trinajstić information content (AvgIpc) is 3.06. The number of carboxylic acid groups (broad SMARTS) is 3. The maximum Gasteiger partial charge on any atom is 0.326 e. The zero-order valence-corrected chi connectivity index (χ0v) is 31.9. The number of aliphatic hydroxyl groups is 2. The van der Waals surface area contributed by atoms with E-state index in [0.29, 0.717) is 5.75 Å². The van der Waals surface area contributed by atoms with Crippen LogP contribution in [0.15, 0.2) is 0 Å². The van der Waals surface area contributed by atoms with Crippen LogP contribution in [-0.2, 0) is 43.2 Å². The van der Waals surface area contributed by atoms with Gasteiger partial charge in [-0.15, -0.1) is 0 Å². The van der Waals surface area contributed by atoms with Gasteiger partial charge in [-0.1, -0.05) is 27.7 Å². The van der Waals surface area contributed by atoms with Gasteiger partial charge in [-0.2, -0.15) is 11.8 Å². The molecule has 0 aromatic heterocycles. The molecule has 6 amide bonds. The molecule has 0 aliphatic rings. The molecule has 0 unspecified atom stereocenters. The number of hydrogen-bond acceptors (Lipinski definition) is 13. The number of rotatable bonds is 26. The van der Waals surface area contributed by atoms with Crippen LogP contribution in [0.4, 0.5) is 0 Å². The van der Waals surface area contributed by atoms with Crippen LogP contribution in [-0.4, -0.2) is 146 Å². The van der Waals surface area contributed by atoms with Crippen LogP contribution in [0.5, 0.6) is 0 Å². The predicted molar refractivity (Wildman–Crippen MR) is 192 cm³/mol. The van der Waals surface area contributed by atoms with Crippen molar-refractivity contribution in [3.63, 3.8) is 0 Å². The third-order valence-corrected chi connectivity index (χ3v) is 8.34.